The molecule has 1 N–H and O–H groups in total. The van der Waals surface area contributed by atoms with E-state index in [1.807, 2.05) is 0 Å². The van der Waals surface area contributed by atoms with Crippen LogP contribution >= 0.6 is 0 Å². The molecule has 17 heavy (non-hydrogen) atoms. The molecule has 88 valence electrons. The lowest BCUT2D eigenvalue weighted by Gasteiger charge is -2.09. The monoisotopic (exact) mass is 236 g/mol. The summed E-state index contributed by atoms with van der Waals surface area (Å²) in [5.74, 6) is -1.64. The van der Waals surface area contributed by atoms with Gasteiger partial charge in [-0.3, -0.25) is 0 Å². The maximum absolute atomic E-state index is 13.7. The topological polar surface area (TPSA) is 29.5 Å². The molecule has 0 heterocycles. The van der Waals surface area contributed by atoms with E-state index in [-0.39, 0.29) is 17.2 Å². The van der Waals surface area contributed by atoms with Crippen molar-refractivity contribution in [2.24, 2.45) is 0 Å². The fourth-order valence-corrected chi connectivity index (χ4v) is 1.39. The predicted molar refractivity (Wildman–Crippen MR) is 59.3 cm³/mol. The van der Waals surface area contributed by atoms with Gasteiger partial charge in [-0.1, -0.05) is 12.1 Å². The first-order valence-corrected chi connectivity index (χ1v) is 4.99. The standard InChI is InChI=1S/C13H10F2O2/c1-8-5-6-11(16)13(12(8)15)17-10-4-2-3-9(14)7-10/h2-7,16H,1H3. The van der Waals surface area contributed by atoms with E-state index in [2.05, 4.69) is 0 Å². The van der Waals surface area contributed by atoms with Gasteiger partial charge in [-0.15, -0.1) is 0 Å². The molecule has 0 spiro atoms. The number of phenols is 1. The van der Waals surface area contributed by atoms with Crippen LogP contribution in [-0.4, -0.2) is 5.11 Å². The number of ether oxygens (including phenoxy) is 1. The van der Waals surface area contributed by atoms with Crippen LogP contribution in [0, 0.1) is 18.6 Å². The first kappa shape index (κ1) is 11.4. The molecule has 0 fully saturated rings. The van der Waals surface area contributed by atoms with E-state index < -0.39 is 11.6 Å². The Balaban J connectivity index is 2.39. The SMILES string of the molecule is Cc1ccc(O)c(Oc2cccc(F)c2)c1F. The van der Waals surface area contributed by atoms with E-state index in [0.29, 0.717) is 5.56 Å². The fourth-order valence-electron chi connectivity index (χ4n) is 1.39. The van der Waals surface area contributed by atoms with Crippen molar-refractivity contribution < 1.29 is 18.6 Å². The lowest BCUT2D eigenvalue weighted by atomic mass is 10.2. The van der Waals surface area contributed by atoms with Crippen LogP contribution in [0.25, 0.3) is 0 Å². The van der Waals surface area contributed by atoms with E-state index >= 15 is 0 Å². The van der Waals surface area contributed by atoms with Gasteiger partial charge >= 0.3 is 0 Å². The molecule has 0 aliphatic carbocycles. The number of benzene rings is 2. The molecule has 2 nitrogen and oxygen atoms in total. The van der Waals surface area contributed by atoms with Gasteiger partial charge in [0.2, 0.25) is 5.75 Å². The minimum atomic E-state index is -0.658. The molecule has 0 bridgehead atoms. The zero-order valence-corrected chi connectivity index (χ0v) is 9.08. The van der Waals surface area contributed by atoms with Crippen molar-refractivity contribution in [1.82, 2.24) is 0 Å². The number of phenolic OH excluding ortho intramolecular Hbond substituents is 1. The predicted octanol–water partition coefficient (Wildman–Crippen LogP) is 3.77. The molecule has 2 aromatic rings. The second-order valence-electron chi connectivity index (χ2n) is 3.60. The van der Waals surface area contributed by atoms with Gasteiger partial charge in [0.15, 0.2) is 11.6 Å². The van der Waals surface area contributed by atoms with Crippen LogP contribution in [-0.2, 0) is 0 Å². The average Bonchev–Trinajstić information content (AvgIpc) is 2.30. The number of aromatic hydroxyl groups is 1. The third-order valence-corrected chi connectivity index (χ3v) is 2.29. The van der Waals surface area contributed by atoms with E-state index in [9.17, 15) is 13.9 Å². The second-order valence-corrected chi connectivity index (χ2v) is 3.60. The summed E-state index contributed by atoms with van der Waals surface area (Å²) in [5, 5.41) is 9.49. The normalized spacial score (nSPS) is 10.3. The summed E-state index contributed by atoms with van der Waals surface area (Å²) in [5.41, 5.74) is 0.342. The van der Waals surface area contributed by atoms with Crippen LogP contribution < -0.4 is 4.74 Å². The van der Waals surface area contributed by atoms with E-state index in [1.54, 1.807) is 6.92 Å². The first-order chi connectivity index (χ1) is 8.08. The Labute approximate surface area is 97.1 Å². The highest BCUT2D eigenvalue weighted by atomic mass is 19.1. The highest BCUT2D eigenvalue weighted by Crippen LogP contribution is 2.34. The molecule has 0 amide bonds. The maximum Gasteiger partial charge on any atom is 0.204 e. The average molecular weight is 236 g/mol. The highest BCUT2D eigenvalue weighted by Gasteiger charge is 2.13. The number of hydrogen-bond donors (Lipinski definition) is 1. The Hall–Kier alpha value is -2.10. The lowest BCUT2D eigenvalue weighted by molar-refractivity contribution is 0.385. The Morgan fingerprint density at radius 2 is 1.88 bits per heavy atom. The Morgan fingerprint density at radius 3 is 2.59 bits per heavy atom. The molecule has 4 heteroatoms. The lowest BCUT2D eigenvalue weighted by Crippen LogP contribution is -1.92. The largest absolute Gasteiger partial charge is 0.504 e. The van der Waals surface area contributed by atoms with Crippen LogP contribution in [0.1, 0.15) is 5.56 Å². The minimum Gasteiger partial charge on any atom is -0.504 e. The third kappa shape index (κ3) is 2.36. The van der Waals surface area contributed by atoms with Crippen LogP contribution in [0.4, 0.5) is 8.78 Å². The first-order valence-electron chi connectivity index (χ1n) is 4.99. The number of hydrogen-bond acceptors (Lipinski definition) is 2. The van der Waals surface area contributed by atoms with Crippen molar-refractivity contribution in [3.8, 4) is 17.2 Å². The molecule has 0 aliphatic rings. The van der Waals surface area contributed by atoms with E-state index in [0.717, 1.165) is 6.07 Å². The summed E-state index contributed by atoms with van der Waals surface area (Å²) in [6.07, 6.45) is 0. The number of halogens is 2. The van der Waals surface area contributed by atoms with Gasteiger partial charge in [-0.05, 0) is 30.7 Å². The van der Waals surface area contributed by atoms with Gasteiger partial charge in [0, 0.05) is 6.07 Å². The molecule has 0 radical (unpaired) electrons. The summed E-state index contributed by atoms with van der Waals surface area (Å²) in [6, 6.07) is 8.04. The Bertz CT molecular complexity index is 553. The van der Waals surface area contributed by atoms with Gasteiger partial charge in [-0.2, -0.15) is 0 Å². The molecule has 0 unspecified atom stereocenters. The highest BCUT2D eigenvalue weighted by molar-refractivity contribution is 5.45. The summed E-state index contributed by atoms with van der Waals surface area (Å²) in [4.78, 5) is 0. The Morgan fingerprint density at radius 1 is 1.12 bits per heavy atom. The van der Waals surface area contributed by atoms with Crippen LogP contribution in [0.15, 0.2) is 36.4 Å². The summed E-state index contributed by atoms with van der Waals surface area (Å²) < 4.78 is 31.7. The van der Waals surface area contributed by atoms with Crippen LogP contribution in [0.3, 0.4) is 0 Å². The second kappa shape index (κ2) is 4.41. The van der Waals surface area contributed by atoms with Crippen molar-refractivity contribution in [2.75, 3.05) is 0 Å². The Kier molecular flexibility index (Phi) is 2.95. The zero-order chi connectivity index (χ0) is 12.4. The quantitative estimate of drug-likeness (QED) is 0.859. The van der Waals surface area contributed by atoms with Crippen molar-refractivity contribution in [2.45, 2.75) is 6.92 Å². The van der Waals surface area contributed by atoms with Crippen LogP contribution in [0.2, 0.25) is 0 Å². The molecule has 0 aliphatic heterocycles. The van der Waals surface area contributed by atoms with Crippen molar-refractivity contribution in [3.63, 3.8) is 0 Å². The van der Waals surface area contributed by atoms with Gasteiger partial charge in [-0.25, -0.2) is 8.78 Å². The van der Waals surface area contributed by atoms with Gasteiger partial charge in [0.1, 0.15) is 11.6 Å². The fraction of sp³-hybridized carbons (Fsp3) is 0.0769. The van der Waals surface area contributed by atoms with Crippen LogP contribution in [0.5, 0.6) is 17.2 Å². The van der Waals surface area contributed by atoms with E-state index in [4.69, 9.17) is 4.74 Å². The molecule has 0 saturated heterocycles. The van der Waals surface area contributed by atoms with E-state index in [1.165, 1.54) is 30.3 Å². The van der Waals surface area contributed by atoms with Crippen molar-refractivity contribution in [3.05, 3.63) is 53.6 Å². The van der Waals surface area contributed by atoms with Gasteiger partial charge < -0.3 is 9.84 Å². The molecule has 0 saturated carbocycles. The molecule has 0 aromatic heterocycles. The van der Waals surface area contributed by atoms with Crippen molar-refractivity contribution in [1.29, 1.82) is 0 Å². The molecular formula is C13H10F2O2. The number of aryl methyl sites for hydroxylation is 1. The molecule has 2 rings (SSSR count). The molecule has 0 atom stereocenters. The summed E-state index contributed by atoms with van der Waals surface area (Å²) >= 11 is 0. The van der Waals surface area contributed by atoms with Crippen molar-refractivity contribution >= 4 is 0 Å². The molecule has 2 aromatic carbocycles. The maximum atomic E-state index is 13.7. The molecular weight excluding hydrogens is 226 g/mol. The number of rotatable bonds is 2. The zero-order valence-electron chi connectivity index (χ0n) is 9.08. The van der Waals surface area contributed by atoms with Gasteiger partial charge in [0.05, 0.1) is 0 Å². The third-order valence-electron chi connectivity index (χ3n) is 2.29. The summed E-state index contributed by atoms with van der Waals surface area (Å²) in [6.45, 7) is 1.55. The minimum absolute atomic E-state index is 0.129. The van der Waals surface area contributed by atoms with Gasteiger partial charge in [0.25, 0.3) is 0 Å². The smallest absolute Gasteiger partial charge is 0.204 e. The summed E-state index contributed by atoms with van der Waals surface area (Å²) in [7, 11) is 0.